The maximum absolute atomic E-state index is 9.34. The van der Waals surface area contributed by atoms with E-state index in [0.717, 1.165) is 32.5 Å². The van der Waals surface area contributed by atoms with Crippen molar-refractivity contribution in [2.75, 3.05) is 19.8 Å². The number of aliphatic hydroxyl groups is 1. The van der Waals surface area contributed by atoms with Gasteiger partial charge in [-0.25, -0.2) is 0 Å². The lowest BCUT2D eigenvalue weighted by atomic mass is 9.95. The van der Waals surface area contributed by atoms with Crippen molar-refractivity contribution < 1.29 is 9.84 Å². The van der Waals surface area contributed by atoms with E-state index in [1.807, 2.05) is 0 Å². The first-order chi connectivity index (χ1) is 6.70. The van der Waals surface area contributed by atoms with Crippen molar-refractivity contribution >= 4 is 0 Å². The Kier molecular flexibility index (Phi) is 4.85. The predicted octanol–water partition coefficient (Wildman–Crippen LogP) is 1.31. The summed E-state index contributed by atoms with van der Waals surface area (Å²) < 4.78 is 5.41. The molecule has 0 spiro atoms. The zero-order chi connectivity index (χ0) is 10.4. The van der Waals surface area contributed by atoms with Crippen molar-refractivity contribution in [2.24, 2.45) is 0 Å². The Hall–Kier alpha value is -0.120. The first kappa shape index (κ1) is 12.0. The summed E-state index contributed by atoms with van der Waals surface area (Å²) in [5.41, 5.74) is -0.125. The number of aliphatic hydroxyl groups excluding tert-OH is 1. The van der Waals surface area contributed by atoms with Gasteiger partial charge in [-0.3, -0.25) is 0 Å². The molecule has 0 saturated carbocycles. The van der Waals surface area contributed by atoms with Crippen LogP contribution in [0.2, 0.25) is 0 Å². The van der Waals surface area contributed by atoms with Crippen LogP contribution in [0.1, 0.15) is 39.5 Å². The second kappa shape index (κ2) is 5.69. The van der Waals surface area contributed by atoms with Gasteiger partial charge in [-0.2, -0.15) is 0 Å². The van der Waals surface area contributed by atoms with E-state index >= 15 is 0 Å². The largest absolute Gasteiger partial charge is 0.394 e. The zero-order valence-electron chi connectivity index (χ0n) is 9.38. The molecule has 2 unspecified atom stereocenters. The SMILES string of the molecule is CCCC(C)(CO)NC1CCCOC1. The van der Waals surface area contributed by atoms with Crippen molar-refractivity contribution in [3.63, 3.8) is 0 Å². The molecule has 0 aromatic heterocycles. The first-order valence-corrected chi connectivity index (χ1v) is 5.66. The Morgan fingerprint density at radius 2 is 2.36 bits per heavy atom. The Labute approximate surface area is 86.8 Å². The minimum Gasteiger partial charge on any atom is -0.394 e. The molecular formula is C11H23NO2. The van der Waals surface area contributed by atoms with Gasteiger partial charge in [0.15, 0.2) is 0 Å². The maximum Gasteiger partial charge on any atom is 0.0619 e. The quantitative estimate of drug-likeness (QED) is 0.704. The van der Waals surface area contributed by atoms with E-state index in [2.05, 4.69) is 19.2 Å². The van der Waals surface area contributed by atoms with Gasteiger partial charge in [0.05, 0.1) is 13.2 Å². The molecule has 2 atom stereocenters. The van der Waals surface area contributed by atoms with Crippen LogP contribution in [-0.2, 0) is 4.74 Å². The molecule has 1 aliphatic rings. The minimum absolute atomic E-state index is 0.125. The van der Waals surface area contributed by atoms with Crippen LogP contribution in [-0.4, -0.2) is 36.5 Å². The average Bonchev–Trinajstić information content (AvgIpc) is 2.20. The van der Waals surface area contributed by atoms with Crippen LogP contribution in [0.3, 0.4) is 0 Å². The van der Waals surface area contributed by atoms with E-state index in [9.17, 15) is 5.11 Å². The molecule has 1 aliphatic heterocycles. The van der Waals surface area contributed by atoms with Crippen LogP contribution in [0, 0.1) is 0 Å². The number of hydrogen-bond donors (Lipinski definition) is 2. The number of hydrogen-bond acceptors (Lipinski definition) is 3. The molecule has 1 saturated heterocycles. The van der Waals surface area contributed by atoms with Gasteiger partial charge >= 0.3 is 0 Å². The molecule has 1 rings (SSSR count). The maximum atomic E-state index is 9.34. The molecular weight excluding hydrogens is 178 g/mol. The van der Waals surface area contributed by atoms with Crippen molar-refractivity contribution in [1.29, 1.82) is 0 Å². The fraction of sp³-hybridized carbons (Fsp3) is 1.00. The molecule has 1 heterocycles. The lowest BCUT2D eigenvalue weighted by molar-refractivity contribution is 0.0476. The minimum atomic E-state index is -0.125. The topological polar surface area (TPSA) is 41.5 Å². The normalized spacial score (nSPS) is 27.2. The van der Waals surface area contributed by atoms with Gasteiger partial charge in [0.1, 0.15) is 0 Å². The van der Waals surface area contributed by atoms with Crippen LogP contribution in [0.5, 0.6) is 0 Å². The highest BCUT2D eigenvalue weighted by molar-refractivity contribution is 4.86. The van der Waals surface area contributed by atoms with Gasteiger partial charge in [0.25, 0.3) is 0 Å². The second-order valence-corrected chi connectivity index (χ2v) is 4.53. The van der Waals surface area contributed by atoms with Crippen LogP contribution in [0.4, 0.5) is 0 Å². The van der Waals surface area contributed by atoms with Crippen LogP contribution >= 0.6 is 0 Å². The van der Waals surface area contributed by atoms with Crippen molar-refractivity contribution in [3.8, 4) is 0 Å². The van der Waals surface area contributed by atoms with Gasteiger partial charge in [-0.1, -0.05) is 13.3 Å². The summed E-state index contributed by atoms with van der Waals surface area (Å²) in [6, 6.07) is 0.424. The highest BCUT2D eigenvalue weighted by Crippen LogP contribution is 2.15. The summed E-state index contributed by atoms with van der Waals surface area (Å²) in [5, 5.41) is 12.9. The second-order valence-electron chi connectivity index (χ2n) is 4.53. The average molecular weight is 201 g/mol. The lowest BCUT2D eigenvalue weighted by Crippen LogP contribution is -2.53. The molecule has 0 amide bonds. The standard InChI is InChI=1S/C11H23NO2/c1-3-6-11(2,9-13)12-10-5-4-7-14-8-10/h10,12-13H,3-9H2,1-2H3. The predicted molar refractivity (Wildman–Crippen MR) is 57.4 cm³/mol. The molecule has 0 aromatic rings. The molecule has 84 valence electrons. The lowest BCUT2D eigenvalue weighted by Gasteiger charge is -2.35. The molecule has 0 aromatic carbocycles. The van der Waals surface area contributed by atoms with Crippen molar-refractivity contribution in [1.82, 2.24) is 5.32 Å². The van der Waals surface area contributed by atoms with Gasteiger partial charge in [-0.05, 0) is 26.2 Å². The van der Waals surface area contributed by atoms with E-state index < -0.39 is 0 Å². The van der Waals surface area contributed by atoms with Gasteiger partial charge in [0.2, 0.25) is 0 Å². The van der Waals surface area contributed by atoms with Crippen LogP contribution < -0.4 is 5.32 Å². The number of ether oxygens (including phenoxy) is 1. The molecule has 0 bridgehead atoms. The Balaban J connectivity index is 2.37. The molecule has 2 N–H and O–H groups in total. The van der Waals surface area contributed by atoms with Crippen molar-refractivity contribution in [2.45, 2.75) is 51.1 Å². The summed E-state index contributed by atoms with van der Waals surface area (Å²) in [4.78, 5) is 0. The summed E-state index contributed by atoms with van der Waals surface area (Å²) in [5.74, 6) is 0. The Morgan fingerprint density at radius 1 is 1.57 bits per heavy atom. The first-order valence-electron chi connectivity index (χ1n) is 5.66. The third kappa shape index (κ3) is 3.56. The van der Waals surface area contributed by atoms with Crippen LogP contribution in [0.15, 0.2) is 0 Å². The number of rotatable bonds is 5. The summed E-state index contributed by atoms with van der Waals surface area (Å²) >= 11 is 0. The summed E-state index contributed by atoms with van der Waals surface area (Å²) in [6.45, 7) is 6.12. The van der Waals surface area contributed by atoms with Gasteiger partial charge < -0.3 is 15.2 Å². The molecule has 14 heavy (non-hydrogen) atoms. The van der Waals surface area contributed by atoms with Crippen LogP contribution in [0.25, 0.3) is 0 Å². The zero-order valence-corrected chi connectivity index (χ0v) is 9.38. The third-order valence-electron chi connectivity index (χ3n) is 2.86. The smallest absolute Gasteiger partial charge is 0.0619 e. The molecule has 3 nitrogen and oxygen atoms in total. The molecule has 0 aliphatic carbocycles. The monoisotopic (exact) mass is 201 g/mol. The molecule has 1 fully saturated rings. The molecule has 3 heteroatoms. The van der Waals surface area contributed by atoms with E-state index in [-0.39, 0.29) is 12.1 Å². The van der Waals surface area contributed by atoms with E-state index in [0.29, 0.717) is 6.04 Å². The van der Waals surface area contributed by atoms with Crippen molar-refractivity contribution in [3.05, 3.63) is 0 Å². The highest BCUT2D eigenvalue weighted by Gasteiger charge is 2.26. The third-order valence-corrected chi connectivity index (χ3v) is 2.86. The Bertz CT molecular complexity index is 157. The fourth-order valence-corrected chi connectivity index (χ4v) is 2.10. The van der Waals surface area contributed by atoms with E-state index in [1.165, 1.54) is 6.42 Å². The fourth-order valence-electron chi connectivity index (χ4n) is 2.10. The Morgan fingerprint density at radius 3 is 2.86 bits per heavy atom. The highest BCUT2D eigenvalue weighted by atomic mass is 16.5. The van der Waals surface area contributed by atoms with Gasteiger partial charge in [0, 0.05) is 18.2 Å². The van der Waals surface area contributed by atoms with E-state index in [4.69, 9.17) is 4.74 Å². The summed E-state index contributed by atoms with van der Waals surface area (Å²) in [7, 11) is 0. The van der Waals surface area contributed by atoms with Gasteiger partial charge in [-0.15, -0.1) is 0 Å². The number of nitrogens with one attached hydrogen (secondary N) is 1. The van der Waals surface area contributed by atoms with E-state index in [1.54, 1.807) is 0 Å². The summed E-state index contributed by atoms with van der Waals surface area (Å²) in [6.07, 6.45) is 4.41. The molecule has 0 radical (unpaired) electrons.